The Kier molecular flexibility index (Phi) is 3.14. The van der Waals surface area contributed by atoms with Gasteiger partial charge in [-0.05, 0) is 38.9 Å². The molecule has 0 bridgehead atoms. The van der Waals surface area contributed by atoms with Crippen LogP contribution in [-0.2, 0) is 0 Å². The van der Waals surface area contributed by atoms with Crippen molar-refractivity contribution in [2.45, 2.75) is 25.7 Å². The van der Waals surface area contributed by atoms with Gasteiger partial charge in [0.1, 0.15) is 0 Å². The minimum Gasteiger partial charge on any atom is -0.317 e. The van der Waals surface area contributed by atoms with Crippen LogP contribution in [0.3, 0.4) is 0 Å². The standard InChI is InChI=1S/C13H15ClN4/c1-8-11-7-16-12(9-2-4-15-5-3-9)6-10(11)13(14)18-17-8/h6-7,9,15H,2-5H2,1H3. The molecular formula is C13H15ClN4. The number of fused-ring (bicyclic) bond motifs is 1. The number of nitrogens with one attached hydrogen (secondary N) is 1. The molecule has 18 heavy (non-hydrogen) atoms. The molecule has 0 spiro atoms. The van der Waals surface area contributed by atoms with Gasteiger partial charge in [0.2, 0.25) is 0 Å². The van der Waals surface area contributed by atoms with Gasteiger partial charge in [0.25, 0.3) is 0 Å². The van der Waals surface area contributed by atoms with Gasteiger partial charge >= 0.3 is 0 Å². The van der Waals surface area contributed by atoms with Crippen molar-refractivity contribution in [1.82, 2.24) is 20.5 Å². The molecule has 4 nitrogen and oxygen atoms in total. The van der Waals surface area contributed by atoms with E-state index < -0.39 is 0 Å². The normalized spacial score (nSPS) is 17.2. The zero-order valence-electron chi connectivity index (χ0n) is 10.3. The van der Waals surface area contributed by atoms with Crippen molar-refractivity contribution in [2.24, 2.45) is 0 Å². The fourth-order valence-electron chi connectivity index (χ4n) is 2.50. The van der Waals surface area contributed by atoms with Crippen LogP contribution in [0.25, 0.3) is 10.8 Å². The second-order valence-electron chi connectivity index (χ2n) is 4.76. The maximum absolute atomic E-state index is 6.13. The van der Waals surface area contributed by atoms with E-state index in [0.29, 0.717) is 11.1 Å². The number of nitrogens with zero attached hydrogens (tertiary/aromatic N) is 3. The monoisotopic (exact) mass is 262 g/mol. The van der Waals surface area contributed by atoms with Crippen LogP contribution in [0.15, 0.2) is 12.3 Å². The lowest BCUT2D eigenvalue weighted by Gasteiger charge is -2.22. The van der Waals surface area contributed by atoms with Crippen molar-refractivity contribution < 1.29 is 0 Å². The van der Waals surface area contributed by atoms with Gasteiger partial charge in [-0.1, -0.05) is 11.6 Å². The molecule has 1 aliphatic rings. The molecule has 0 atom stereocenters. The molecule has 1 fully saturated rings. The summed E-state index contributed by atoms with van der Waals surface area (Å²) in [4.78, 5) is 4.58. The number of hydrogen-bond donors (Lipinski definition) is 1. The SMILES string of the molecule is Cc1nnc(Cl)c2cc(C3CCNCC3)ncc12. The Morgan fingerprint density at radius 2 is 2.00 bits per heavy atom. The number of pyridine rings is 1. The van der Waals surface area contributed by atoms with E-state index in [1.807, 2.05) is 13.1 Å². The van der Waals surface area contributed by atoms with Gasteiger partial charge in [0.15, 0.2) is 5.15 Å². The van der Waals surface area contributed by atoms with Crippen LogP contribution in [0.2, 0.25) is 5.15 Å². The summed E-state index contributed by atoms with van der Waals surface area (Å²) in [5, 5.41) is 13.8. The molecule has 0 radical (unpaired) electrons. The van der Waals surface area contributed by atoms with Crippen molar-refractivity contribution in [1.29, 1.82) is 0 Å². The largest absolute Gasteiger partial charge is 0.317 e. The van der Waals surface area contributed by atoms with E-state index in [1.165, 1.54) is 0 Å². The molecule has 94 valence electrons. The fraction of sp³-hybridized carbons (Fsp3) is 0.462. The van der Waals surface area contributed by atoms with E-state index in [0.717, 1.165) is 48.1 Å². The second kappa shape index (κ2) is 4.78. The van der Waals surface area contributed by atoms with Crippen molar-refractivity contribution in [3.05, 3.63) is 28.8 Å². The predicted molar refractivity (Wildman–Crippen MR) is 71.9 cm³/mol. The average Bonchev–Trinajstić information content (AvgIpc) is 2.44. The van der Waals surface area contributed by atoms with Gasteiger partial charge in [0.05, 0.1) is 5.69 Å². The summed E-state index contributed by atoms with van der Waals surface area (Å²) < 4.78 is 0. The zero-order chi connectivity index (χ0) is 12.5. The van der Waals surface area contributed by atoms with Crippen LogP contribution in [0, 0.1) is 6.92 Å². The predicted octanol–water partition coefficient (Wildman–Crippen LogP) is 2.45. The minimum atomic E-state index is 0.466. The summed E-state index contributed by atoms with van der Waals surface area (Å²) in [7, 11) is 0. The summed E-state index contributed by atoms with van der Waals surface area (Å²) >= 11 is 6.13. The second-order valence-corrected chi connectivity index (χ2v) is 5.11. The summed E-state index contributed by atoms with van der Waals surface area (Å²) in [6.45, 7) is 4.05. The summed E-state index contributed by atoms with van der Waals surface area (Å²) in [5.41, 5.74) is 2.00. The van der Waals surface area contributed by atoms with E-state index in [4.69, 9.17) is 11.6 Å². The van der Waals surface area contributed by atoms with Gasteiger partial charge < -0.3 is 5.32 Å². The van der Waals surface area contributed by atoms with E-state index in [2.05, 4.69) is 26.6 Å². The van der Waals surface area contributed by atoms with Gasteiger partial charge in [-0.3, -0.25) is 4.98 Å². The molecule has 1 aliphatic heterocycles. The molecular weight excluding hydrogens is 248 g/mol. The Hall–Kier alpha value is -1.26. The lowest BCUT2D eigenvalue weighted by Crippen LogP contribution is -2.27. The summed E-state index contributed by atoms with van der Waals surface area (Å²) in [6.07, 6.45) is 4.14. The third-order valence-electron chi connectivity index (χ3n) is 3.58. The van der Waals surface area contributed by atoms with Crippen LogP contribution in [-0.4, -0.2) is 28.3 Å². The smallest absolute Gasteiger partial charge is 0.159 e. The number of hydrogen-bond acceptors (Lipinski definition) is 4. The minimum absolute atomic E-state index is 0.466. The van der Waals surface area contributed by atoms with Crippen LogP contribution in [0.1, 0.15) is 30.1 Å². The lowest BCUT2D eigenvalue weighted by atomic mass is 9.93. The first-order chi connectivity index (χ1) is 8.75. The highest BCUT2D eigenvalue weighted by Gasteiger charge is 2.17. The van der Waals surface area contributed by atoms with Gasteiger partial charge in [-0.25, -0.2) is 0 Å². The molecule has 0 aromatic carbocycles. The number of halogens is 1. The summed E-state index contributed by atoms with van der Waals surface area (Å²) in [6, 6.07) is 2.08. The highest BCUT2D eigenvalue weighted by atomic mass is 35.5. The first-order valence-corrected chi connectivity index (χ1v) is 6.62. The highest BCUT2D eigenvalue weighted by Crippen LogP contribution is 2.28. The van der Waals surface area contributed by atoms with Gasteiger partial charge in [-0.15, -0.1) is 5.10 Å². The topological polar surface area (TPSA) is 50.7 Å². The Morgan fingerprint density at radius 3 is 2.78 bits per heavy atom. The molecule has 0 saturated carbocycles. The molecule has 2 aromatic heterocycles. The maximum atomic E-state index is 6.13. The van der Waals surface area contributed by atoms with Crippen molar-refractivity contribution in [3.63, 3.8) is 0 Å². The van der Waals surface area contributed by atoms with Gasteiger partial charge in [-0.2, -0.15) is 5.10 Å². The van der Waals surface area contributed by atoms with Crippen LogP contribution in [0.5, 0.6) is 0 Å². The molecule has 0 aliphatic carbocycles. The molecule has 3 heterocycles. The highest BCUT2D eigenvalue weighted by molar-refractivity contribution is 6.34. The van der Waals surface area contributed by atoms with Crippen molar-refractivity contribution in [2.75, 3.05) is 13.1 Å². The molecule has 5 heteroatoms. The number of piperidine rings is 1. The summed E-state index contributed by atoms with van der Waals surface area (Å²) in [5.74, 6) is 0.528. The zero-order valence-corrected chi connectivity index (χ0v) is 11.0. The third-order valence-corrected chi connectivity index (χ3v) is 3.86. The first-order valence-electron chi connectivity index (χ1n) is 6.25. The van der Waals surface area contributed by atoms with Crippen LogP contribution >= 0.6 is 11.6 Å². The lowest BCUT2D eigenvalue weighted by molar-refractivity contribution is 0.453. The van der Waals surface area contributed by atoms with Crippen LogP contribution < -0.4 is 5.32 Å². The molecule has 0 amide bonds. The Morgan fingerprint density at radius 1 is 1.22 bits per heavy atom. The van der Waals surface area contributed by atoms with E-state index in [-0.39, 0.29) is 0 Å². The third kappa shape index (κ3) is 2.06. The Bertz CT molecular complexity index is 578. The molecule has 3 rings (SSSR count). The van der Waals surface area contributed by atoms with E-state index >= 15 is 0 Å². The Labute approximate surface area is 111 Å². The molecule has 1 saturated heterocycles. The quantitative estimate of drug-likeness (QED) is 0.858. The van der Waals surface area contributed by atoms with E-state index in [9.17, 15) is 0 Å². The molecule has 2 aromatic rings. The van der Waals surface area contributed by atoms with Gasteiger partial charge in [0, 0.05) is 28.6 Å². The van der Waals surface area contributed by atoms with E-state index in [1.54, 1.807) is 0 Å². The van der Waals surface area contributed by atoms with Crippen molar-refractivity contribution in [3.8, 4) is 0 Å². The first kappa shape index (κ1) is 11.8. The fourth-order valence-corrected chi connectivity index (χ4v) is 2.69. The number of aryl methyl sites for hydroxylation is 1. The van der Waals surface area contributed by atoms with Crippen LogP contribution in [0.4, 0.5) is 0 Å². The molecule has 0 unspecified atom stereocenters. The Balaban J connectivity index is 2.07. The maximum Gasteiger partial charge on any atom is 0.159 e. The number of aromatic nitrogens is 3. The number of rotatable bonds is 1. The molecule has 1 N–H and O–H groups in total. The average molecular weight is 263 g/mol. The van der Waals surface area contributed by atoms with Crippen molar-refractivity contribution >= 4 is 22.4 Å².